The summed E-state index contributed by atoms with van der Waals surface area (Å²) in [4.78, 5) is 7.35. The van der Waals surface area contributed by atoms with Gasteiger partial charge in [-0.05, 0) is 59.9 Å². The highest BCUT2D eigenvalue weighted by Crippen LogP contribution is 2.33. The van der Waals surface area contributed by atoms with Gasteiger partial charge in [-0.1, -0.05) is 59.6 Å². The number of benzene rings is 3. The molecule has 14 heteroatoms. The molecule has 0 amide bonds. The molecule has 204 valence electrons. The topological polar surface area (TPSA) is 158 Å². The van der Waals surface area contributed by atoms with Crippen molar-refractivity contribution in [3.63, 3.8) is 0 Å². The molecule has 1 heterocycles. The Morgan fingerprint density at radius 2 is 1.46 bits per heavy atom. The fraction of sp³-hybridized carbons (Fsp3) is 0.120. The van der Waals surface area contributed by atoms with Crippen molar-refractivity contribution < 1.29 is 20.7 Å². The number of nitrogens with two attached hydrogens (primary N) is 2. The molecular formula is C25H22Cl2FN5O4S2. The van der Waals surface area contributed by atoms with E-state index < -0.39 is 25.1 Å². The third kappa shape index (κ3) is 7.02. The van der Waals surface area contributed by atoms with Crippen LogP contribution in [-0.2, 0) is 39.6 Å². The van der Waals surface area contributed by atoms with Crippen molar-refractivity contribution in [3.8, 4) is 11.1 Å². The maximum absolute atomic E-state index is 13.3. The van der Waals surface area contributed by atoms with E-state index in [1.54, 1.807) is 30.3 Å². The molecule has 39 heavy (non-hydrogen) atoms. The van der Waals surface area contributed by atoms with Crippen LogP contribution in [-0.4, -0.2) is 26.8 Å². The molecule has 0 fully saturated rings. The van der Waals surface area contributed by atoms with Gasteiger partial charge in [-0.15, -0.1) is 3.89 Å². The van der Waals surface area contributed by atoms with Crippen molar-refractivity contribution in [1.82, 2.24) is 14.7 Å². The average molecular weight is 611 g/mol. The van der Waals surface area contributed by atoms with Crippen molar-refractivity contribution in [2.75, 3.05) is 11.5 Å². The van der Waals surface area contributed by atoms with E-state index in [1.165, 1.54) is 6.07 Å². The Bertz CT molecular complexity index is 1750. The summed E-state index contributed by atoms with van der Waals surface area (Å²) in [5.41, 5.74) is 15.5. The average Bonchev–Trinajstić information content (AvgIpc) is 2.88. The number of nitrogens with zero attached hydrogens (tertiary/aromatic N) is 2. The number of sulfonamides is 1. The van der Waals surface area contributed by atoms with E-state index >= 15 is 0 Å². The molecule has 0 unspecified atom stereocenters. The lowest BCUT2D eigenvalue weighted by molar-refractivity contribution is 0.551. The number of anilines is 2. The predicted octanol–water partition coefficient (Wildman–Crippen LogP) is 4.54. The van der Waals surface area contributed by atoms with E-state index in [1.807, 2.05) is 12.1 Å². The molecule has 4 rings (SSSR count). The zero-order valence-electron chi connectivity index (χ0n) is 20.1. The summed E-state index contributed by atoms with van der Waals surface area (Å²) in [6.07, 6.45) is 1.05. The van der Waals surface area contributed by atoms with E-state index in [4.69, 9.17) is 34.7 Å². The SMILES string of the molecule is Nc1nc(N)c(-c2ccc(Cl)c(Cl)c2)c(CCc2ccc(CNS(=O)(=O)c3cccc(S(=O)(=O)F)c3)cc2)n1. The van der Waals surface area contributed by atoms with Gasteiger partial charge in [-0.25, -0.2) is 18.1 Å². The number of nitrogen functional groups attached to an aromatic ring is 2. The van der Waals surface area contributed by atoms with E-state index in [9.17, 15) is 20.7 Å². The number of aryl methyl sites for hydroxylation is 2. The van der Waals surface area contributed by atoms with Gasteiger partial charge in [0.25, 0.3) is 0 Å². The summed E-state index contributed by atoms with van der Waals surface area (Å²) >= 11 is 12.2. The highest BCUT2D eigenvalue weighted by molar-refractivity contribution is 7.89. The molecule has 0 spiro atoms. The lowest BCUT2D eigenvalue weighted by Gasteiger charge is -2.13. The zero-order valence-corrected chi connectivity index (χ0v) is 23.2. The van der Waals surface area contributed by atoms with E-state index in [0.29, 0.717) is 45.3 Å². The summed E-state index contributed by atoms with van der Waals surface area (Å²) in [6, 6.07) is 16.4. The molecule has 0 radical (unpaired) electrons. The van der Waals surface area contributed by atoms with Crippen LogP contribution in [0.2, 0.25) is 10.0 Å². The van der Waals surface area contributed by atoms with Crippen LogP contribution in [0.4, 0.5) is 15.7 Å². The van der Waals surface area contributed by atoms with Gasteiger partial charge in [0.05, 0.1) is 25.5 Å². The van der Waals surface area contributed by atoms with Crippen molar-refractivity contribution in [2.24, 2.45) is 0 Å². The summed E-state index contributed by atoms with van der Waals surface area (Å²) in [6.45, 7) is -0.0599. The summed E-state index contributed by atoms with van der Waals surface area (Å²) in [7, 11) is -9.11. The summed E-state index contributed by atoms with van der Waals surface area (Å²) in [5.74, 6) is 0.261. The molecule has 1 aromatic heterocycles. The van der Waals surface area contributed by atoms with E-state index in [0.717, 1.165) is 23.8 Å². The monoisotopic (exact) mass is 609 g/mol. The number of halogens is 3. The maximum atomic E-state index is 13.3. The van der Waals surface area contributed by atoms with Gasteiger partial charge in [0.15, 0.2) is 0 Å². The molecule has 9 nitrogen and oxygen atoms in total. The highest BCUT2D eigenvalue weighted by Gasteiger charge is 2.19. The molecule has 3 aromatic carbocycles. The second-order valence-corrected chi connectivity index (χ2v) is 12.4. The first-order valence-corrected chi connectivity index (χ1v) is 15.0. The van der Waals surface area contributed by atoms with Crippen LogP contribution in [0.15, 0.2) is 76.5 Å². The summed E-state index contributed by atoms with van der Waals surface area (Å²) in [5, 5.41) is 0.767. The molecule has 0 aliphatic carbocycles. The van der Waals surface area contributed by atoms with Crippen LogP contribution in [0.3, 0.4) is 0 Å². The van der Waals surface area contributed by atoms with Gasteiger partial charge in [-0.3, -0.25) is 0 Å². The van der Waals surface area contributed by atoms with Crippen LogP contribution in [0.25, 0.3) is 11.1 Å². The molecular weight excluding hydrogens is 588 g/mol. The number of aromatic nitrogens is 2. The molecule has 0 saturated heterocycles. The normalized spacial score (nSPS) is 12.0. The van der Waals surface area contributed by atoms with Gasteiger partial charge in [-0.2, -0.15) is 13.4 Å². The van der Waals surface area contributed by atoms with Crippen LogP contribution in [0, 0.1) is 0 Å². The van der Waals surface area contributed by atoms with Crippen LogP contribution >= 0.6 is 23.2 Å². The Morgan fingerprint density at radius 3 is 2.13 bits per heavy atom. The van der Waals surface area contributed by atoms with Crippen molar-refractivity contribution >= 4 is 55.2 Å². The predicted molar refractivity (Wildman–Crippen MR) is 149 cm³/mol. The van der Waals surface area contributed by atoms with Crippen LogP contribution in [0.5, 0.6) is 0 Å². The Hall–Kier alpha value is -3.29. The Labute approximate surface area is 235 Å². The van der Waals surface area contributed by atoms with Gasteiger partial charge < -0.3 is 11.5 Å². The molecule has 0 saturated carbocycles. The first-order chi connectivity index (χ1) is 18.3. The largest absolute Gasteiger partial charge is 0.383 e. The summed E-state index contributed by atoms with van der Waals surface area (Å²) < 4.78 is 63.0. The maximum Gasteiger partial charge on any atom is 0.332 e. The Morgan fingerprint density at radius 1 is 0.795 bits per heavy atom. The number of nitrogens with one attached hydrogen (secondary N) is 1. The van der Waals surface area contributed by atoms with Crippen molar-refractivity contribution in [1.29, 1.82) is 0 Å². The fourth-order valence-corrected chi connectivity index (χ4v) is 5.78. The number of hydrogen-bond acceptors (Lipinski definition) is 8. The minimum absolute atomic E-state index is 0.0450. The van der Waals surface area contributed by atoms with Crippen LogP contribution < -0.4 is 16.2 Å². The first kappa shape index (κ1) is 28.7. The number of rotatable bonds is 9. The van der Waals surface area contributed by atoms with Gasteiger partial charge in [0, 0.05) is 12.1 Å². The second-order valence-electron chi connectivity index (χ2n) is 8.47. The Balaban J connectivity index is 1.45. The van der Waals surface area contributed by atoms with Crippen LogP contribution in [0.1, 0.15) is 16.8 Å². The minimum atomic E-state index is -5.04. The third-order valence-electron chi connectivity index (χ3n) is 5.77. The standard InChI is InChI=1S/C25H22Cl2FN5O4S2/c26-20-10-9-17(12-21(20)27)23-22(32-25(30)33-24(23)29)11-8-15-4-6-16(7-5-15)14-31-39(36,37)19-3-1-2-18(13-19)38(28,34)35/h1-7,9-10,12-13,31H,8,11,14H2,(H4,29,30,32,33). The van der Waals surface area contributed by atoms with Crippen molar-refractivity contribution in [3.05, 3.63) is 93.6 Å². The lowest BCUT2D eigenvalue weighted by Crippen LogP contribution is -2.23. The number of hydrogen-bond donors (Lipinski definition) is 3. The fourth-order valence-electron chi connectivity index (χ4n) is 3.83. The molecule has 0 bridgehead atoms. The lowest BCUT2D eigenvalue weighted by atomic mass is 9.99. The molecule has 0 aliphatic rings. The van der Waals surface area contributed by atoms with E-state index in [-0.39, 0.29) is 23.2 Å². The smallest absolute Gasteiger partial charge is 0.332 e. The third-order valence-corrected chi connectivity index (χ3v) is 8.73. The van der Waals surface area contributed by atoms with E-state index in [2.05, 4.69) is 14.7 Å². The second kappa shape index (κ2) is 11.4. The van der Waals surface area contributed by atoms with Gasteiger partial charge >= 0.3 is 10.2 Å². The Kier molecular flexibility index (Phi) is 8.42. The quantitative estimate of drug-likeness (QED) is 0.233. The van der Waals surface area contributed by atoms with Crippen molar-refractivity contribution in [2.45, 2.75) is 29.2 Å². The molecule has 5 N–H and O–H groups in total. The highest BCUT2D eigenvalue weighted by atomic mass is 35.5. The zero-order chi connectivity index (χ0) is 28.4. The van der Waals surface area contributed by atoms with Gasteiger partial charge in [0.1, 0.15) is 5.82 Å². The molecule has 0 atom stereocenters. The first-order valence-electron chi connectivity index (χ1n) is 11.3. The minimum Gasteiger partial charge on any atom is -0.383 e. The van der Waals surface area contributed by atoms with Gasteiger partial charge in [0.2, 0.25) is 16.0 Å². The molecule has 4 aromatic rings. The molecule has 0 aliphatic heterocycles.